The molecule has 3 rings (SSSR count). The van der Waals surface area contributed by atoms with Gasteiger partial charge in [-0.15, -0.1) is 0 Å². The van der Waals surface area contributed by atoms with E-state index in [1.807, 2.05) is 54.6 Å². The van der Waals surface area contributed by atoms with Crippen molar-refractivity contribution in [2.45, 2.75) is 0 Å². The fourth-order valence-electron chi connectivity index (χ4n) is 2.07. The Morgan fingerprint density at radius 1 is 0.958 bits per heavy atom. The van der Waals surface area contributed by atoms with Crippen LogP contribution >= 0.6 is 0 Å². The number of nitrogens with one attached hydrogen (secondary N) is 2. The number of methoxy groups -OCH3 is 1. The van der Waals surface area contributed by atoms with E-state index in [1.54, 1.807) is 19.4 Å². The highest BCUT2D eigenvalue weighted by atomic mass is 16.5. The Morgan fingerprint density at radius 3 is 2.42 bits per heavy atom. The summed E-state index contributed by atoms with van der Waals surface area (Å²) in [5.41, 5.74) is 1.80. The summed E-state index contributed by atoms with van der Waals surface area (Å²) < 4.78 is 5.11. The van der Waals surface area contributed by atoms with Gasteiger partial charge in [-0.1, -0.05) is 18.2 Å². The first-order valence-electron chi connectivity index (χ1n) is 7.35. The van der Waals surface area contributed by atoms with E-state index in [-0.39, 0.29) is 11.6 Å². The van der Waals surface area contributed by atoms with Crippen LogP contribution < -0.4 is 15.4 Å². The van der Waals surface area contributed by atoms with Crippen molar-refractivity contribution in [2.24, 2.45) is 0 Å². The zero-order valence-corrected chi connectivity index (χ0v) is 13.1. The van der Waals surface area contributed by atoms with E-state index >= 15 is 0 Å². The minimum absolute atomic E-state index is 0.282. The molecular formula is C18H16N4O2. The average Bonchev–Trinajstić information content (AvgIpc) is 2.63. The number of carbonyl (C=O) groups is 1. The minimum atomic E-state index is -0.290. The van der Waals surface area contributed by atoms with Crippen LogP contribution in [0.15, 0.2) is 66.9 Å². The normalized spacial score (nSPS) is 10.0. The van der Waals surface area contributed by atoms with Crippen LogP contribution in [0, 0.1) is 0 Å². The molecule has 6 heteroatoms. The van der Waals surface area contributed by atoms with Gasteiger partial charge in [-0.3, -0.25) is 4.79 Å². The lowest BCUT2D eigenvalue weighted by atomic mass is 10.3. The molecular weight excluding hydrogens is 304 g/mol. The molecule has 1 amide bonds. The second-order valence-electron chi connectivity index (χ2n) is 4.94. The maximum atomic E-state index is 12.3. The summed E-state index contributed by atoms with van der Waals surface area (Å²) in [5, 5.41) is 5.85. The van der Waals surface area contributed by atoms with Gasteiger partial charge >= 0.3 is 0 Å². The lowest BCUT2D eigenvalue weighted by Gasteiger charge is -2.08. The Hall–Kier alpha value is -3.41. The number of carbonyl (C=O) groups excluding carboxylic acids is 1. The summed E-state index contributed by atoms with van der Waals surface area (Å²) in [7, 11) is 1.61. The smallest absolute Gasteiger partial charge is 0.274 e. The second-order valence-corrected chi connectivity index (χ2v) is 4.94. The summed E-state index contributed by atoms with van der Waals surface area (Å²) in [4.78, 5) is 20.6. The van der Waals surface area contributed by atoms with Crippen LogP contribution in [0.3, 0.4) is 0 Å². The van der Waals surface area contributed by atoms with Crippen LogP contribution in [-0.2, 0) is 0 Å². The van der Waals surface area contributed by atoms with E-state index in [4.69, 9.17) is 4.74 Å². The van der Waals surface area contributed by atoms with Gasteiger partial charge in [-0.2, -0.15) is 0 Å². The number of nitrogens with zero attached hydrogens (tertiary/aromatic N) is 2. The number of para-hydroxylation sites is 1. The second kappa shape index (κ2) is 7.23. The molecule has 120 valence electrons. The Kier molecular flexibility index (Phi) is 4.67. The standard InChI is InChI=1S/C18H16N4O2/c1-24-15-9-7-14(8-10-15)21-18-19-12-11-16(22-18)17(23)20-13-5-3-2-4-6-13/h2-12H,1H3,(H,20,23)(H,19,21,22). The van der Waals surface area contributed by atoms with Gasteiger partial charge in [0.1, 0.15) is 11.4 Å². The molecule has 1 heterocycles. The highest BCUT2D eigenvalue weighted by Gasteiger charge is 2.09. The van der Waals surface area contributed by atoms with E-state index in [0.29, 0.717) is 11.6 Å². The van der Waals surface area contributed by atoms with Crippen molar-refractivity contribution in [3.05, 3.63) is 72.6 Å². The van der Waals surface area contributed by atoms with E-state index in [9.17, 15) is 4.79 Å². The topological polar surface area (TPSA) is 76.1 Å². The van der Waals surface area contributed by atoms with Gasteiger partial charge in [0.15, 0.2) is 0 Å². The molecule has 6 nitrogen and oxygen atoms in total. The lowest BCUT2D eigenvalue weighted by Crippen LogP contribution is -2.14. The summed E-state index contributed by atoms with van der Waals surface area (Å²) in [5.74, 6) is 0.819. The van der Waals surface area contributed by atoms with Gasteiger partial charge < -0.3 is 15.4 Å². The number of benzene rings is 2. The van der Waals surface area contributed by atoms with Gasteiger partial charge in [0, 0.05) is 17.6 Å². The highest BCUT2D eigenvalue weighted by molar-refractivity contribution is 6.02. The number of amides is 1. The van der Waals surface area contributed by atoms with Crippen LogP contribution in [0.25, 0.3) is 0 Å². The number of aromatic nitrogens is 2. The van der Waals surface area contributed by atoms with Gasteiger partial charge in [-0.05, 0) is 42.5 Å². The maximum Gasteiger partial charge on any atom is 0.274 e. The molecule has 2 N–H and O–H groups in total. The minimum Gasteiger partial charge on any atom is -0.497 e. The quantitative estimate of drug-likeness (QED) is 0.752. The van der Waals surface area contributed by atoms with Crippen LogP contribution in [0.2, 0.25) is 0 Å². The van der Waals surface area contributed by atoms with Crippen molar-refractivity contribution in [1.29, 1.82) is 0 Å². The molecule has 0 aliphatic heterocycles. The molecule has 0 aliphatic rings. The van der Waals surface area contributed by atoms with Gasteiger partial charge in [0.25, 0.3) is 5.91 Å². The first-order chi connectivity index (χ1) is 11.7. The molecule has 0 atom stereocenters. The summed E-state index contributed by atoms with van der Waals surface area (Å²) in [6.45, 7) is 0. The third-order valence-electron chi connectivity index (χ3n) is 3.27. The first kappa shape index (κ1) is 15.5. The molecule has 0 saturated carbocycles. The molecule has 2 aromatic carbocycles. The van der Waals surface area contributed by atoms with Crippen LogP contribution in [-0.4, -0.2) is 23.0 Å². The van der Waals surface area contributed by atoms with Crippen molar-refractivity contribution < 1.29 is 9.53 Å². The van der Waals surface area contributed by atoms with E-state index in [1.165, 1.54) is 0 Å². The molecule has 1 aromatic heterocycles. The van der Waals surface area contributed by atoms with Crippen LogP contribution in [0.5, 0.6) is 5.75 Å². The van der Waals surface area contributed by atoms with E-state index < -0.39 is 0 Å². The Labute approximate surface area is 139 Å². The first-order valence-corrected chi connectivity index (χ1v) is 7.35. The van der Waals surface area contributed by atoms with Crippen molar-refractivity contribution in [1.82, 2.24) is 9.97 Å². The summed E-state index contributed by atoms with van der Waals surface area (Å²) >= 11 is 0. The largest absolute Gasteiger partial charge is 0.497 e. The van der Waals surface area contributed by atoms with Crippen molar-refractivity contribution >= 4 is 23.2 Å². The van der Waals surface area contributed by atoms with Gasteiger partial charge in [-0.25, -0.2) is 9.97 Å². The maximum absolute atomic E-state index is 12.3. The van der Waals surface area contributed by atoms with Crippen molar-refractivity contribution in [2.75, 3.05) is 17.7 Å². The molecule has 0 radical (unpaired) electrons. The zero-order valence-electron chi connectivity index (χ0n) is 13.1. The summed E-state index contributed by atoms with van der Waals surface area (Å²) in [6, 6.07) is 18.1. The third kappa shape index (κ3) is 3.86. The number of hydrogen-bond acceptors (Lipinski definition) is 5. The molecule has 3 aromatic rings. The lowest BCUT2D eigenvalue weighted by molar-refractivity contribution is 0.102. The predicted molar refractivity (Wildman–Crippen MR) is 92.7 cm³/mol. The molecule has 0 unspecified atom stereocenters. The third-order valence-corrected chi connectivity index (χ3v) is 3.27. The molecule has 0 saturated heterocycles. The fraction of sp³-hybridized carbons (Fsp3) is 0.0556. The predicted octanol–water partition coefficient (Wildman–Crippen LogP) is 3.48. The molecule has 0 aliphatic carbocycles. The highest BCUT2D eigenvalue weighted by Crippen LogP contribution is 2.18. The summed E-state index contributed by atoms with van der Waals surface area (Å²) in [6.07, 6.45) is 1.54. The average molecular weight is 320 g/mol. The monoisotopic (exact) mass is 320 g/mol. The zero-order chi connectivity index (χ0) is 16.8. The van der Waals surface area contributed by atoms with Crippen molar-refractivity contribution in [3.63, 3.8) is 0 Å². The van der Waals surface area contributed by atoms with Gasteiger partial charge in [0.05, 0.1) is 7.11 Å². The van der Waals surface area contributed by atoms with Crippen LogP contribution in [0.1, 0.15) is 10.5 Å². The van der Waals surface area contributed by atoms with E-state index in [0.717, 1.165) is 11.4 Å². The van der Waals surface area contributed by atoms with Crippen LogP contribution in [0.4, 0.5) is 17.3 Å². The van der Waals surface area contributed by atoms with Gasteiger partial charge in [0.2, 0.25) is 5.95 Å². The fourth-order valence-corrected chi connectivity index (χ4v) is 2.07. The molecule has 24 heavy (non-hydrogen) atoms. The number of rotatable bonds is 5. The van der Waals surface area contributed by atoms with E-state index in [2.05, 4.69) is 20.6 Å². The number of anilines is 3. The SMILES string of the molecule is COc1ccc(Nc2nccc(C(=O)Nc3ccccc3)n2)cc1. The molecule has 0 fully saturated rings. The Balaban J connectivity index is 1.72. The molecule has 0 spiro atoms. The molecule has 0 bridgehead atoms. The Morgan fingerprint density at radius 2 is 1.71 bits per heavy atom. The van der Waals surface area contributed by atoms with Crippen molar-refractivity contribution in [3.8, 4) is 5.75 Å². The number of ether oxygens (including phenoxy) is 1. The number of hydrogen-bond donors (Lipinski definition) is 2. The Bertz CT molecular complexity index is 820.